The first kappa shape index (κ1) is 99.1. The molecular formula is C82H160O17P2. The summed E-state index contributed by atoms with van der Waals surface area (Å²) < 4.78 is 68.8. The molecule has 5 atom stereocenters. The number of esters is 4. The predicted molar refractivity (Wildman–Crippen MR) is 414 cm³/mol. The van der Waals surface area contributed by atoms with Gasteiger partial charge in [-0.05, 0) is 31.6 Å². The van der Waals surface area contributed by atoms with Gasteiger partial charge in [0.15, 0.2) is 12.2 Å². The van der Waals surface area contributed by atoms with Gasteiger partial charge in [-0.2, -0.15) is 0 Å². The SMILES string of the molecule is CCCCCCCCCCCCCCCCCCCCCC(=O)O[C@H](COC(=O)CCCCCCCCCCCCCCCC(C)C)COP(=O)(O)OC[C@@H](O)COP(=O)(O)OC[C@@H](COC(=O)CCCCCCCCCCCCCCC)OC(=O)CCCCCCCCCCCCCCC. The molecule has 0 aliphatic carbocycles. The van der Waals surface area contributed by atoms with Crippen molar-refractivity contribution in [2.45, 2.75) is 457 Å². The van der Waals surface area contributed by atoms with Crippen LogP contribution in [0.2, 0.25) is 0 Å². The maximum atomic E-state index is 13.1. The first-order chi connectivity index (χ1) is 49.0. The third-order valence-electron chi connectivity index (χ3n) is 19.3. The van der Waals surface area contributed by atoms with Crippen molar-refractivity contribution in [3.05, 3.63) is 0 Å². The van der Waals surface area contributed by atoms with E-state index in [1.54, 1.807) is 0 Å². The normalized spacial score (nSPS) is 13.8. The van der Waals surface area contributed by atoms with E-state index in [4.69, 9.17) is 37.0 Å². The van der Waals surface area contributed by atoms with Gasteiger partial charge in [0.25, 0.3) is 0 Å². The number of unbranched alkanes of at least 4 members (excludes halogenated alkanes) is 54. The topological polar surface area (TPSA) is 237 Å². The van der Waals surface area contributed by atoms with Gasteiger partial charge in [0.2, 0.25) is 0 Å². The van der Waals surface area contributed by atoms with Gasteiger partial charge < -0.3 is 33.8 Å². The van der Waals surface area contributed by atoms with Gasteiger partial charge in [0.1, 0.15) is 19.3 Å². The molecule has 0 aromatic rings. The number of aliphatic hydroxyl groups excluding tert-OH is 1. The van der Waals surface area contributed by atoms with E-state index < -0.39 is 97.5 Å². The molecule has 0 aliphatic heterocycles. The van der Waals surface area contributed by atoms with E-state index in [1.165, 1.54) is 263 Å². The number of hydrogen-bond donors (Lipinski definition) is 3. The monoisotopic (exact) mass is 1480 g/mol. The van der Waals surface area contributed by atoms with Crippen LogP contribution in [0.15, 0.2) is 0 Å². The summed E-state index contributed by atoms with van der Waals surface area (Å²) in [5, 5.41) is 10.7. The molecular weight excluding hydrogens is 1320 g/mol. The highest BCUT2D eigenvalue weighted by Gasteiger charge is 2.30. The molecule has 0 heterocycles. The number of carbonyl (C=O) groups excluding carboxylic acids is 4. The molecule has 0 amide bonds. The van der Waals surface area contributed by atoms with Crippen LogP contribution in [0.1, 0.15) is 439 Å². The minimum Gasteiger partial charge on any atom is -0.462 e. The van der Waals surface area contributed by atoms with Crippen LogP contribution in [0.4, 0.5) is 0 Å². The lowest BCUT2D eigenvalue weighted by molar-refractivity contribution is -0.161. The Morgan fingerprint density at radius 2 is 0.455 bits per heavy atom. The second kappa shape index (κ2) is 74.9. The summed E-state index contributed by atoms with van der Waals surface area (Å²) in [6.45, 7) is 7.36. The quantitative estimate of drug-likeness (QED) is 0.0222. The Bertz CT molecular complexity index is 1930. The number of carbonyl (C=O) groups is 4. The summed E-state index contributed by atoms with van der Waals surface area (Å²) in [4.78, 5) is 73.1. The molecule has 0 aromatic heterocycles. The van der Waals surface area contributed by atoms with Crippen LogP contribution in [0.5, 0.6) is 0 Å². The van der Waals surface area contributed by atoms with E-state index in [2.05, 4.69) is 34.6 Å². The Morgan fingerprint density at radius 1 is 0.267 bits per heavy atom. The zero-order chi connectivity index (χ0) is 74.1. The van der Waals surface area contributed by atoms with Gasteiger partial charge in [-0.3, -0.25) is 37.3 Å². The fourth-order valence-electron chi connectivity index (χ4n) is 12.8. The molecule has 17 nitrogen and oxygen atoms in total. The average molecular weight is 1480 g/mol. The molecule has 600 valence electrons. The van der Waals surface area contributed by atoms with E-state index in [0.29, 0.717) is 25.7 Å². The van der Waals surface area contributed by atoms with Crippen molar-refractivity contribution in [3.63, 3.8) is 0 Å². The number of ether oxygens (including phenoxy) is 4. The Hall–Kier alpha value is -1.94. The summed E-state index contributed by atoms with van der Waals surface area (Å²) in [6.07, 6.45) is 66.4. The number of phosphoric ester groups is 2. The minimum absolute atomic E-state index is 0.108. The maximum Gasteiger partial charge on any atom is 0.472 e. The van der Waals surface area contributed by atoms with Gasteiger partial charge in [-0.1, -0.05) is 388 Å². The van der Waals surface area contributed by atoms with E-state index in [-0.39, 0.29) is 25.7 Å². The zero-order valence-corrected chi connectivity index (χ0v) is 67.8. The zero-order valence-electron chi connectivity index (χ0n) is 66.1. The summed E-state index contributed by atoms with van der Waals surface area (Å²) in [5.74, 6) is -1.31. The van der Waals surface area contributed by atoms with Crippen LogP contribution >= 0.6 is 15.6 Å². The van der Waals surface area contributed by atoms with Gasteiger partial charge in [0, 0.05) is 25.7 Å². The van der Waals surface area contributed by atoms with Crippen LogP contribution < -0.4 is 0 Å². The third kappa shape index (κ3) is 76.1. The fraction of sp³-hybridized carbons (Fsp3) is 0.951. The number of aliphatic hydroxyl groups is 1. The van der Waals surface area contributed by atoms with E-state index >= 15 is 0 Å². The molecule has 0 saturated carbocycles. The van der Waals surface area contributed by atoms with Crippen molar-refractivity contribution in [1.29, 1.82) is 0 Å². The molecule has 0 aliphatic rings. The smallest absolute Gasteiger partial charge is 0.462 e. The van der Waals surface area contributed by atoms with Crippen molar-refractivity contribution in [2.24, 2.45) is 5.92 Å². The highest BCUT2D eigenvalue weighted by molar-refractivity contribution is 7.47. The summed E-state index contributed by atoms with van der Waals surface area (Å²) in [7, 11) is -9.92. The number of phosphoric acid groups is 2. The minimum atomic E-state index is -4.96. The third-order valence-corrected chi connectivity index (χ3v) is 21.2. The van der Waals surface area contributed by atoms with Crippen LogP contribution in [-0.4, -0.2) is 96.7 Å². The van der Waals surface area contributed by atoms with Crippen molar-refractivity contribution in [3.8, 4) is 0 Å². The Balaban J connectivity index is 5.25. The highest BCUT2D eigenvalue weighted by atomic mass is 31.2. The molecule has 0 rings (SSSR count). The lowest BCUT2D eigenvalue weighted by atomic mass is 10.0. The Kier molecular flexibility index (Phi) is 73.5. The summed E-state index contributed by atoms with van der Waals surface area (Å²) >= 11 is 0. The second-order valence-corrected chi connectivity index (χ2v) is 32.9. The second-order valence-electron chi connectivity index (χ2n) is 30.0. The average Bonchev–Trinajstić information content (AvgIpc) is 0.925. The Labute approximate surface area is 619 Å². The summed E-state index contributed by atoms with van der Waals surface area (Å²) in [6, 6.07) is 0. The lowest BCUT2D eigenvalue weighted by Crippen LogP contribution is -2.30. The van der Waals surface area contributed by atoms with Crippen LogP contribution in [0, 0.1) is 5.92 Å². The molecule has 101 heavy (non-hydrogen) atoms. The first-order valence-corrected chi connectivity index (χ1v) is 45.6. The lowest BCUT2D eigenvalue weighted by Gasteiger charge is -2.21. The molecule has 3 N–H and O–H groups in total. The van der Waals surface area contributed by atoms with Crippen molar-refractivity contribution >= 4 is 39.5 Å². The van der Waals surface area contributed by atoms with Gasteiger partial charge in [0.05, 0.1) is 26.4 Å². The highest BCUT2D eigenvalue weighted by Crippen LogP contribution is 2.45. The predicted octanol–water partition coefficient (Wildman–Crippen LogP) is 24.8. The molecule has 19 heteroatoms. The van der Waals surface area contributed by atoms with E-state index in [0.717, 1.165) is 95.8 Å². The van der Waals surface area contributed by atoms with Gasteiger partial charge in [-0.25, -0.2) is 9.13 Å². The van der Waals surface area contributed by atoms with Crippen LogP contribution in [-0.2, 0) is 65.4 Å². The van der Waals surface area contributed by atoms with Crippen molar-refractivity contribution in [1.82, 2.24) is 0 Å². The first-order valence-electron chi connectivity index (χ1n) is 42.6. The van der Waals surface area contributed by atoms with Crippen molar-refractivity contribution < 1.29 is 80.2 Å². The molecule has 2 unspecified atom stereocenters. The molecule has 0 saturated heterocycles. The van der Waals surface area contributed by atoms with Crippen molar-refractivity contribution in [2.75, 3.05) is 39.6 Å². The number of hydrogen-bond acceptors (Lipinski definition) is 15. The molecule has 0 spiro atoms. The van der Waals surface area contributed by atoms with Gasteiger partial charge in [-0.15, -0.1) is 0 Å². The van der Waals surface area contributed by atoms with Crippen LogP contribution in [0.3, 0.4) is 0 Å². The fourth-order valence-corrected chi connectivity index (χ4v) is 14.3. The molecule has 0 fully saturated rings. The van der Waals surface area contributed by atoms with E-state index in [1.807, 2.05) is 0 Å². The summed E-state index contributed by atoms with van der Waals surface area (Å²) in [5.41, 5.74) is 0. The van der Waals surface area contributed by atoms with E-state index in [9.17, 15) is 43.2 Å². The van der Waals surface area contributed by atoms with Crippen LogP contribution in [0.25, 0.3) is 0 Å². The van der Waals surface area contributed by atoms with Gasteiger partial charge >= 0.3 is 39.5 Å². The molecule has 0 bridgehead atoms. The largest absolute Gasteiger partial charge is 0.472 e. The molecule has 0 aromatic carbocycles. The maximum absolute atomic E-state index is 13.1. The number of rotatable bonds is 82. The Morgan fingerprint density at radius 3 is 0.673 bits per heavy atom. The molecule has 0 radical (unpaired) electrons. The standard InChI is InChI=1S/C82H160O17P2/c1-6-9-12-15-18-21-24-27-28-29-30-31-32-37-43-48-53-58-63-68-82(87)99-78(72-93-80(85)66-61-56-51-46-41-38-33-36-39-44-49-54-59-64-75(4)5)74-97-101(90,91)95-70-76(83)69-94-100(88,89)96-73-77(98-81(86)67-62-57-52-47-42-35-26-23-20-17-14-11-8-3)71-92-79(84)65-60-55-50-45-40-34-25-22-19-16-13-10-7-2/h75-78,83H,6-74H2,1-5H3,(H,88,89)(H,90,91)/t76-,77+,78+/m0/s1.